The Balaban J connectivity index is 2.97. The third-order valence-corrected chi connectivity index (χ3v) is 4.93. The number of ether oxygens (including phenoxy) is 1. The van der Waals surface area contributed by atoms with Gasteiger partial charge < -0.3 is 10.5 Å². The lowest BCUT2D eigenvalue weighted by atomic mass is 10.1. The Bertz CT molecular complexity index is 521. The van der Waals surface area contributed by atoms with Crippen molar-refractivity contribution in [2.24, 2.45) is 5.73 Å². The molecule has 0 aliphatic heterocycles. The highest BCUT2D eigenvalue weighted by molar-refractivity contribution is 9.10. The van der Waals surface area contributed by atoms with Crippen molar-refractivity contribution < 1.29 is 13.2 Å². The molecule has 0 radical (unpaired) electrons. The van der Waals surface area contributed by atoms with E-state index in [1.807, 2.05) is 0 Å². The molecule has 0 aliphatic rings. The maximum absolute atomic E-state index is 12.0. The predicted molar refractivity (Wildman–Crippen MR) is 76.5 cm³/mol. The van der Waals surface area contributed by atoms with Gasteiger partial charge in [0, 0.05) is 10.0 Å². The molecule has 1 aromatic carbocycles. The van der Waals surface area contributed by atoms with E-state index >= 15 is 0 Å². The first-order valence-corrected chi connectivity index (χ1v) is 8.06. The van der Waals surface area contributed by atoms with Crippen LogP contribution < -0.4 is 10.5 Å². The smallest absolute Gasteiger partial charge is 0.156 e. The first-order valence-electron chi connectivity index (χ1n) is 5.45. The highest BCUT2D eigenvalue weighted by Crippen LogP contribution is 2.25. The second-order valence-corrected chi connectivity index (χ2v) is 7.90. The number of benzene rings is 1. The van der Waals surface area contributed by atoms with Crippen LogP contribution in [0.25, 0.3) is 0 Å². The number of rotatable bonds is 5. The van der Waals surface area contributed by atoms with Gasteiger partial charge in [0.2, 0.25) is 0 Å². The number of nitrogens with two attached hydrogens (primary N) is 1. The van der Waals surface area contributed by atoms with E-state index in [1.165, 1.54) is 0 Å². The van der Waals surface area contributed by atoms with Crippen molar-refractivity contribution in [1.29, 1.82) is 0 Å². The summed E-state index contributed by atoms with van der Waals surface area (Å²) in [5, 5.41) is 0. The first kappa shape index (κ1) is 15.5. The third kappa shape index (κ3) is 4.96. The molecule has 0 aromatic heterocycles. The predicted octanol–water partition coefficient (Wildman–Crippen LogP) is 2.11. The van der Waals surface area contributed by atoms with Gasteiger partial charge in [-0.25, -0.2) is 8.42 Å². The number of halogens is 1. The summed E-state index contributed by atoms with van der Waals surface area (Å²) in [7, 11) is -1.70. The van der Waals surface area contributed by atoms with E-state index in [0.29, 0.717) is 11.3 Å². The van der Waals surface area contributed by atoms with Crippen molar-refractivity contribution in [3.63, 3.8) is 0 Å². The molecule has 102 valence electrons. The fourth-order valence-corrected chi connectivity index (χ4v) is 4.16. The van der Waals surface area contributed by atoms with Gasteiger partial charge in [-0.2, -0.15) is 0 Å². The van der Waals surface area contributed by atoms with Crippen LogP contribution in [-0.4, -0.2) is 26.8 Å². The molecular formula is C12H18BrNO3S. The lowest BCUT2D eigenvalue weighted by Gasteiger charge is -2.18. The Morgan fingerprint density at radius 2 is 2.00 bits per heavy atom. The molecule has 18 heavy (non-hydrogen) atoms. The molecule has 0 saturated heterocycles. The summed E-state index contributed by atoms with van der Waals surface area (Å²) in [6.45, 7) is 3.40. The molecule has 0 atom stereocenters. The monoisotopic (exact) mass is 335 g/mol. The molecule has 2 N–H and O–H groups in total. The molecule has 6 heteroatoms. The molecule has 0 bridgehead atoms. The van der Waals surface area contributed by atoms with Gasteiger partial charge in [0.05, 0.1) is 18.6 Å². The van der Waals surface area contributed by atoms with Crippen LogP contribution in [0.4, 0.5) is 0 Å². The summed E-state index contributed by atoms with van der Waals surface area (Å²) in [6.07, 6.45) is 0. The number of hydrogen-bond donors (Lipinski definition) is 1. The van der Waals surface area contributed by atoms with Gasteiger partial charge in [-0.05, 0) is 37.6 Å². The lowest BCUT2D eigenvalue weighted by molar-refractivity contribution is 0.414. The maximum Gasteiger partial charge on any atom is 0.156 e. The Hall–Kier alpha value is -0.590. The van der Waals surface area contributed by atoms with Crippen LogP contribution in [0.2, 0.25) is 0 Å². The summed E-state index contributed by atoms with van der Waals surface area (Å²) in [5.74, 6) is 0.533. The van der Waals surface area contributed by atoms with Gasteiger partial charge in [0.25, 0.3) is 0 Å². The van der Waals surface area contributed by atoms with Crippen LogP contribution in [-0.2, 0) is 15.6 Å². The summed E-state index contributed by atoms with van der Waals surface area (Å²) >= 11 is 3.34. The maximum atomic E-state index is 12.0. The van der Waals surface area contributed by atoms with E-state index in [1.54, 1.807) is 39.2 Å². The third-order valence-electron chi connectivity index (χ3n) is 2.22. The Labute approximate surface area is 117 Å². The minimum absolute atomic E-state index is 0.0502. The Kier molecular flexibility index (Phi) is 4.80. The molecular weight excluding hydrogens is 318 g/mol. The van der Waals surface area contributed by atoms with Crippen LogP contribution in [0.5, 0.6) is 5.75 Å². The van der Waals surface area contributed by atoms with E-state index in [2.05, 4.69) is 15.9 Å². The Morgan fingerprint density at radius 1 is 1.39 bits per heavy atom. The molecule has 0 amide bonds. The standard InChI is InChI=1S/C12H18BrNO3S/c1-12(2,14)8-18(15,16)7-9-6-10(17-3)4-5-11(9)13/h4-6H,7-8,14H2,1-3H3. The van der Waals surface area contributed by atoms with Crippen molar-refractivity contribution in [3.05, 3.63) is 28.2 Å². The van der Waals surface area contributed by atoms with E-state index in [-0.39, 0.29) is 11.5 Å². The molecule has 0 heterocycles. The zero-order chi connectivity index (χ0) is 14.0. The summed E-state index contributed by atoms with van der Waals surface area (Å²) in [6, 6.07) is 5.26. The highest BCUT2D eigenvalue weighted by Gasteiger charge is 2.23. The lowest BCUT2D eigenvalue weighted by Crippen LogP contribution is -2.40. The van der Waals surface area contributed by atoms with Gasteiger partial charge in [0.1, 0.15) is 5.75 Å². The van der Waals surface area contributed by atoms with E-state index in [9.17, 15) is 8.42 Å². The second kappa shape index (κ2) is 5.59. The van der Waals surface area contributed by atoms with Crippen molar-refractivity contribution in [2.75, 3.05) is 12.9 Å². The van der Waals surface area contributed by atoms with Crippen LogP contribution in [0.15, 0.2) is 22.7 Å². The van der Waals surface area contributed by atoms with Crippen LogP contribution in [0.1, 0.15) is 19.4 Å². The average Bonchev–Trinajstić information content (AvgIpc) is 2.17. The highest BCUT2D eigenvalue weighted by atomic mass is 79.9. The quantitative estimate of drug-likeness (QED) is 0.894. The van der Waals surface area contributed by atoms with E-state index in [4.69, 9.17) is 10.5 Å². The minimum Gasteiger partial charge on any atom is -0.497 e. The van der Waals surface area contributed by atoms with Crippen LogP contribution >= 0.6 is 15.9 Å². The van der Waals surface area contributed by atoms with Gasteiger partial charge in [-0.3, -0.25) is 0 Å². The fourth-order valence-electron chi connectivity index (χ4n) is 1.64. The fraction of sp³-hybridized carbons (Fsp3) is 0.500. The largest absolute Gasteiger partial charge is 0.497 e. The number of methoxy groups -OCH3 is 1. The van der Waals surface area contributed by atoms with Crippen molar-refractivity contribution in [3.8, 4) is 5.75 Å². The van der Waals surface area contributed by atoms with Crippen molar-refractivity contribution in [2.45, 2.75) is 25.1 Å². The van der Waals surface area contributed by atoms with E-state index in [0.717, 1.165) is 4.47 Å². The van der Waals surface area contributed by atoms with Gasteiger partial charge in [-0.1, -0.05) is 15.9 Å². The zero-order valence-corrected chi connectivity index (χ0v) is 13.1. The van der Waals surface area contributed by atoms with Crippen LogP contribution in [0, 0.1) is 0 Å². The molecule has 0 saturated carbocycles. The van der Waals surface area contributed by atoms with Crippen molar-refractivity contribution in [1.82, 2.24) is 0 Å². The Morgan fingerprint density at radius 3 is 2.50 bits per heavy atom. The second-order valence-electron chi connectivity index (χ2n) is 4.98. The van der Waals surface area contributed by atoms with Gasteiger partial charge in [-0.15, -0.1) is 0 Å². The summed E-state index contributed by atoms with van der Waals surface area (Å²) < 4.78 is 29.9. The number of hydrogen-bond acceptors (Lipinski definition) is 4. The summed E-state index contributed by atoms with van der Waals surface area (Å²) in [4.78, 5) is 0. The number of sulfone groups is 1. The molecule has 0 unspecified atom stereocenters. The topological polar surface area (TPSA) is 69.4 Å². The molecule has 0 aliphatic carbocycles. The average molecular weight is 336 g/mol. The zero-order valence-electron chi connectivity index (χ0n) is 10.7. The molecule has 1 aromatic rings. The van der Waals surface area contributed by atoms with Gasteiger partial charge in [0.15, 0.2) is 9.84 Å². The molecule has 0 spiro atoms. The molecule has 1 rings (SSSR count). The van der Waals surface area contributed by atoms with E-state index < -0.39 is 15.4 Å². The molecule has 4 nitrogen and oxygen atoms in total. The summed E-state index contributed by atoms with van der Waals surface area (Å²) in [5.41, 5.74) is 5.70. The molecule has 0 fully saturated rings. The minimum atomic E-state index is -3.25. The first-order chi connectivity index (χ1) is 8.13. The normalized spacial score (nSPS) is 12.5. The SMILES string of the molecule is COc1ccc(Br)c(CS(=O)(=O)CC(C)(C)N)c1. The van der Waals surface area contributed by atoms with Gasteiger partial charge >= 0.3 is 0 Å². The van der Waals surface area contributed by atoms with Crippen molar-refractivity contribution >= 4 is 25.8 Å². The van der Waals surface area contributed by atoms with Crippen LogP contribution in [0.3, 0.4) is 0 Å².